The second kappa shape index (κ2) is 8.68. The van der Waals surface area contributed by atoms with E-state index in [9.17, 15) is 4.79 Å². The number of hydrogen-bond acceptors (Lipinski definition) is 6. The van der Waals surface area contributed by atoms with E-state index in [1.807, 2.05) is 49.4 Å². The van der Waals surface area contributed by atoms with Gasteiger partial charge in [0.2, 0.25) is 11.9 Å². The number of nitrogens with zero attached hydrogens (tertiary/aromatic N) is 2. The molecule has 0 aliphatic rings. The van der Waals surface area contributed by atoms with Crippen LogP contribution in [-0.4, -0.2) is 23.0 Å². The molecule has 0 aliphatic heterocycles. The standard InChI is InChI=1S/C21H21N5O2/c1-4-19(27)23-15-8-7-9-16(12-15)24-20-14(2)13-22-21(26-20)25-17-10-5-6-11-18(17)28-3/h4-13H,1H2,2-3H3,(H,23,27)(H2,22,24,25,26). The second-order valence-electron chi connectivity index (χ2n) is 5.95. The van der Waals surface area contributed by atoms with Crippen molar-refractivity contribution < 1.29 is 9.53 Å². The third kappa shape index (κ3) is 4.64. The zero-order chi connectivity index (χ0) is 19.9. The molecule has 0 fully saturated rings. The lowest BCUT2D eigenvalue weighted by molar-refractivity contribution is -0.111. The van der Waals surface area contributed by atoms with Crippen LogP contribution in [0.1, 0.15) is 5.56 Å². The van der Waals surface area contributed by atoms with E-state index in [1.165, 1.54) is 6.08 Å². The van der Waals surface area contributed by atoms with Crippen molar-refractivity contribution in [3.05, 3.63) is 72.9 Å². The number of methoxy groups -OCH3 is 1. The van der Waals surface area contributed by atoms with Gasteiger partial charge in [-0.3, -0.25) is 4.79 Å². The summed E-state index contributed by atoms with van der Waals surface area (Å²) in [7, 11) is 1.61. The maximum atomic E-state index is 11.5. The van der Waals surface area contributed by atoms with Crippen LogP contribution in [0.4, 0.5) is 28.8 Å². The van der Waals surface area contributed by atoms with E-state index in [0.29, 0.717) is 23.2 Å². The number of carbonyl (C=O) groups excluding carboxylic acids is 1. The van der Waals surface area contributed by atoms with Crippen molar-refractivity contribution >= 4 is 34.7 Å². The summed E-state index contributed by atoms with van der Waals surface area (Å²) in [6.07, 6.45) is 2.96. The van der Waals surface area contributed by atoms with E-state index in [2.05, 4.69) is 32.5 Å². The van der Waals surface area contributed by atoms with Gasteiger partial charge in [-0.25, -0.2) is 4.98 Å². The van der Waals surface area contributed by atoms with Gasteiger partial charge in [0.05, 0.1) is 12.8 Å². The Bertz CT molecular complexity index is 1000. The normalized spacial score (nSPS) is 10.1. The number of carbonyl (C=O) groups is 1. The minimum Gasteiger partial charge on any atom is -0.495 e. The average molecular weight is 375 g/mol. The molecule has 2 aromatic carbocycles. The molecule has 1 aromatic heterocycles. The van der Waals surface area contributed by atoms with Crippen molar-refractivity contribution in [1.82, 2.24) is 9.97 Å². The van der Waals surface area contributed by atoms with Gasteiger partial charge in [0.1, 0.15) is 11.6 Å². The molecule has 0 spiro atoms. The third-order valence-electron chi connectivity index (χ3n) is 3.90. The van der Waals surface area contributed by atoms with Gasteiger partial charge in [-0.1, -0.05) is 24.8 Å². The Kier molecular flexibility index (Phi) is 5.86. The Hall–Kier alpha value is -3.87. The molecule has 142 valence electrons. The van der Waals surface area contributed by atoms with Crippen molar-refractivity contribution in [2.75, 3.05) is 23.1 Å². The fraction of sp³-hybridized carbons (Fsp3) is 0.0952. The van der Waals surface area contributed by atoms with E-state index in [-0.39, 0.29) is 5.91 Å². The number of aromatic nitrogens is 2. The molecule has 3 N–H and O–H groups in total. The van der Waals surface area contributed by atoms with E-state index in [1.54, 1.807) is 19.4 Å². The van der Waals surface area contributed by atoms with Gasteiger partial charge in [0.25, 0.3) is 0 Å². The molecule has 0 saturated heterocycles. The Balaban J connectivity index is 1.81. The molecule has 0 radical (unpaired) electrons. The molecular formula is C21H21N5O2. The van der Waals surface area contributed by atoms with Crippen LogP contribution in [0.5, 0.6) is 5.75 Å². The number of nitrogens with one attached hydrogen (secondary N) is 3. The molecule has 0 saturated carbocycles. The first-order chi connectivity index (χ1) is 13.6. The lowest BCUT2D eigenvalue weighted by Gasteiger charge is -2.13. The highest BCUT2D eigenvalue weighted by atomic mass is 16.5. The summed E-state index contributed by atoms with van der Waals surface area (Å²) in [5.74, 6) is 1.53. The highest BCUT2D eigenvalue weighted by molar-refractivity contribution is 5.99. The molecule has 3 rings (SSSR count). The zero-order valence-corrected chi connectivity index (χ0v) is 15.7. The van der Waals surface area contributed by atoms with Crippen LogP contribution in [0, 0.1) is 6.92 Å². The number of amides is 1. The number of hydrogen-bond donors (Lipinski definition) is 3. The number of anilines is 5. The Morgan fingerprint density at radius 1 is 1.11 bits per heavy atom. The van der Waals surface area contributed by atoms with Crippen LogP contribution < -0.4 is 20.7 Å². The minimum atomic E-state index is -0.265. The molecule has 7 nitrogen and oxygen atoms in total. The predicted molar refractivity (Wildman–Crippen MR) is 112 cm³/mol. The average Bonchev–Trinajstić information content (AvgIpc) is 2.71. The summed E-state index contributed by atoms with van der Waals surface area (Å²) in [4.78, 5) is 20.4. The minimum absolute atomic E-state index is 0.265. The van der Waals surface area contributed by atoms with Crippen molar-refractivity contribution in [2.24, 2.45) is 0 Å². The predicted octanol–water partition coefficient (Wildman–Crippen LogP) is 4.41. The monoisotopic (exact) mass is 375 g/mol. The van der Waals surface area contributed by atoms with Gasteiger partial charge in [-0.2, -0.15) is 4.98 Å². The topological polar surface area (TPSA) is 88.2 Å². The number of ether oxygens (including phenoxy) is 1. The molecule has 0 aliphatic carbocycles. The molecule has 0 atom stereocenters. The highest BCUT2D eigenvalue weighted by Crippen LogP contribution is 2.27. The van der Waals surface area contributed by atoms with Crippen LogP contribution in [0.15, 0.2) is 67.4 Å². The van der Waals surface area contributed by atoms with Crippen molar-refractivity contribution in [2.45, 2.75) is 6.92 Å². The van der Waals surface area contributed by atoms with Gasteiger partial charge in [-0.05, 0) is 43.3 Å². The van der Waals surface area contributed by atoms with Crippen molar-refractivity contribution in [3.8, 4) is 5.75 Å². The molecule has 1 heterocycles. The molecular weight excluding hydrogens is 354 g/mol. The molecule has 7 heteroatoms. The number of rotatable bonds is 7. The van der Waals surface area contributed by atoms with Crippen LogP contribution in [-0.2, 0) is 4.79 Å². The first-order valence-electron chi connectivity index (χ1n) is 8.63. The van der Waals surface area contributed by atoms with E-state index in [4.69, 9.17) is 4.74 Å². The van der Waals surface area contributed by atoms with Gasteiger partial charge < -0.3 is 20.7 Å². The van der Waals surface area contributed by atoms with Crippen LogP contribution in [0.25, 0.3) is 0 Å². The summed E-state index contributed by atoms with van der Waals surface area (Å²) in [6, 6.07) is 14.9. The summed E-state index contributed by atoms with van der Waals surface area (Å²) in [5, 5.41) is 9.16. The zero-order valence-electron chi connectivity index (χ0n) is 15.7. The van der Waals surface area contributed by atoms with Crippen molar-refractivity contribution in [3.63, 3.8) is 0 Å². The van der Waals surface area contributed by atoms with Gasteiger partial charge >= 0.3 is 0 Å². The van der Waals surface area contributed by atoms with Gasteiger partial charge in [0, 0.05) is 23.1 Å². The summed E-state index contributed by atoms with van der Waals surface area (Å²) in [6.45, 7) is 5.37. The molecule has 0 unspecified atom stereocenters. The number of aryl methyl sites for hydroxylation is 1. The summed E-state index contributed by atoms with van der Waals surface area (Å²) < 4.78 is 5.35. The van der Waals surface area contributed by atoms with Crippen LogP contribution in [0.3, 0.4) is 0 Å². The number of para-hydroxylation sites is 2. The fourth-order valence-corrected chi connectivity index (χ4v) is 2.50. The smallest absolute Gasteiger partial charge is 0.247 e. The Morgan fingerprint density at radius 2 is 1.89 bits per heavy atom. The lowest BCUT2D eigenvalue weighted by atomic mass is 10.2. The van der Waals surface area contributed by atoms with Crippen LogP contribution in [0.2, 0.25) is 0 Å². The second-order valence-corrected chi connectivity index (χ2v) is 5.95. The Labute approximate surface area is 163 Å². The van der Waals surface area contributed by atoms with E-state index in [0.717, 1.165) is 16.9 Å². The molecule has 1 amide bonds. The van der Waals surface area contributed by atoms with E-state index < -0.39 is 0 Å². The Morgan fingerprint density at radius 3 is 2.68 bits per heavy atom. The first kappa shape index (κ1) is 18.9. The summed E-state index contributed by atoms with van der Waals surface area (Å²) in [5.41, 5.74) is 3.10. The van der Waals surface area contributed by atoms with Crippen LogP contribution >= 0.6 is 0 Å². The molecule has 3 aromatic rings. The van der Waals surface area contributed by atoms with Crippen molar-refractivity contribution in [1.29, 1.82) is 0 Å². The van der Waals surface area contributed by atoms with E-state index >= 15 is 0 Å². The highest BCUT2D eigenvalue weighted by Gasteiger charge is 2.08. The number of benzene rings is 2. The first-order valence-corrected chi connectivity index (χ1v) is 8.63. The lowest BCUT2D eigenvalue weighted by Crippen LogP contribution is -2.07. The molecule has 0 bridgehead atoms. The third-order valence-corrected chi connectivity index (χ3v) is 3.90. The largest absolute Gasteiger partial charge is 0.495 e. The van der Waals surface area contributed by atoms with Gasteiger partial charge in [-0.15, -0.1) is 0 Å². The summed E-state index contributed by atoms with van der Waals surface area (Å²) >= 11 is 0. The van der Waals surface area contributed by atoms with Gasteiger partial charge in [0.15, 0.2) is 0 Å². The maximum Gasteiger partial charge on any atom is 0.247 e. The SMILES string of the molecule is C=CC(=O)Nc1cccc(Nc2nc(Nc3ccccc3OC)ncc2C)c1. The molecule has 28 heavy (non-hydrogen) atoms. The maximum absolute atomic E-state index is 11.5. The quantitative estimate of drug-likeness (QED) is 0.530. The fourth-order valence-electron chi connectivity index (χ4n) is 2.50.